The number of pyridine rings is 1. The number of nitrogens with two attached hydrogens (primary N) is 1. The third kappa shape index (κ3) is 8.13. The lowest BCUT2D eigenvalue weighted by molar-refractivity contribution is -0.0259. The van der Waals surface area contributed by atoms with Gasteiger partial charge in [0.1, 0.15) is 27.3 Å². The standard InChI is InChI=1S/C50H61FN8O6S/c1-31-10-8-9-22-49(31,7)66(62,63)59-25-21-39-41(27-53-45(60)43(39)59)34-11-18-42-40(26-34)44(50(30-52,64-38-16-17-38)35-12-14-36(51)15-13-35)55-46(54-42)56-23-19-37(20-24-56)57-28-33(3)58(29-32(57)2)47(61)65-48(4,5)6/h8-15,18,21,25-27,32-33,37-38H,16-17,19-20,22-24,28-30,52H2,1-7H3,(H,53,60)/t32-,33+,49?,50?/m0/s1. The number of benzene rings is 2. The Balaban J connectivity index is 1.10. The van der Waals surface area contributed by atoms with E-state index in [0.29, 0.717) is 75.9 Å². The van der Waals surface area contributed by atoms with Crippen molar-refractivity contribution in [2.24, 2.45) is 5.73 Å². The highest BCUT2D eigenvalue weighted by Gasteiger charge is 2.45. The Morgan fingerprint density at radius 3 is 2.38 bits per heavy atom. The summed E-state index contributed by atoms with van der Waals surface area (Å²) < 4.78 is 55.9. The number of halogens is 1. The molecule has 4 atom stereocenters. The van der Waals surface area contributed by atoms with Crippen molar-refractivity contribution in [1.82, 2.24) is 28.7 Å². The zero-order chi connectivity index (χ0) is 46.9. The molecule has 66 heavy (non-hydrogen) atoms. The minimum atomic E-state index is -4.09. The number of aromatic amines is 1. The fourth-order valence-electron chi connectivity index (χ4n) is 10.0. The Morgan fingerprint density at radius 1 is 0.985 bits per heavy atom. The Labute approximate surface area is 385 Å². The van der Waals surface area contributed by atoms with Gasteiger partial charge in [0, 0.05) is 79.6 Å². The van der Waals surface area contributed by atoms with Gasteiger partial charge in [-0.1, -0.05) is 42.0 Å². The van der Waals surface area contributed by atoms with Gasteiger partial charge >= 0.3 is 6.09 Å². The number of amides is 1. The van der Waals surface area contributed by atoms with E-state index in [-0.39, 0.29) is 48.6 Å². The second kappa shape index (κ2) is 17.0. The number of nitrogens with zero attached hydrogens (tertiary/aromatic N) is 6. The largest absolute Gasteiger partial charge is 0.444 e. The van der Waals surface area contributed by atoms with Gasteiger partial charge in [0.2, 0.25) is 16.0 Å². The Kier molecular flexibility index (Phi) is 11.8. The predicted molar refractivity (Wildman–Crippen MR) is 255 cm³/mol. The molecule has 350 valence electrons. The predicted octanol–water partition coefficient (Wildman–Crippen LogP) is 7.60. The first-order valence-electron chi connectivity index (χ1n) is 23.1. The van der Waals surface area contributed by atoms with Crippen LogP contribution in [0.4, 0.5) is 15.1 Å². The molecule has 2 aliphatic heterocycles. The molecule has 2 aromatic carbocycles. The molecule has 2 aliphatic carbocycles. The van der Waals surface area contributed by atoms with E-state index in [1.165, 1.54) is 18.3 Å². The molecule has 1 saturated carbocycles. The van der Waals surface area contributed by atoms with Crippen LogP contribution in [0.3, 0.4) is 0 Å². The van der Waals surface area contributed by atoms with Crippen LogP contribution in [0.15, 0.2) is 89.5 Å². The fourth-order valence-corrected chi connectivity index (χ4v) is 11.9. The number of carbonyl (C=O) groups is 1. The lowest BCUT2D eigenvalue weighted by Crippen LogP contribution is -2.62. The molecule has 3 fully saturated rings. The average Bonchev–Trinajstić information content (AvgIpc) is 3.99. The summed E-state index contributed by atoms with van der Waals surface area (Å²) in [6.07, 6.45) is 11.9. The Bertz CT molecular complexity index is 2910. The lowest BCUT2D eigenvalue weighted by atomic mass is 9.86. The topological polar surface area (TPSA) is 169 Å². The number of aromatic nitrogens is 4. The van der Waals surface area contributed by atoms with Crippen LogP contribution in [0.2, 0.25) is 0 Å². The third-order valence-corrected chi connectivity index (χ3v) is 16.6. The number of hydrogen-bond donors (Lipinski definition) is 2. The number of anilines is 1. The van der Waals surface area contributed by atoms with Crippen LogP contribution in [-0.2, 0) is 25.1 Å². The van der Waals surface area contributed by atoms with Crippen molar-refractivity contribution in [2.75, 3.05) is 37.6 Å². The molecule has 2 unspecified atom stereocenters. The van der Waals surface area contributed by atoms with Gasteiger partial charge in [0.15, 0.2) is 0 Å². The van der Waals surface area contributed by atoms with E-state index in [1.807, 2.05) is 56.0 Å². The van der Waals surface area contributed by atoms with Gasteiger partial charge in [-0.25, -0.2) is 31.5 Å². The molecule has 2 saturated heterocycles. The number of piperazine rings is 1. The lowest BCUT2D eigenvalue weighted by Gasteiger charge is -2.49. The van der Waals surface area contributed by atoms with Crippen molar-refractivity contribution in [3.8, 4) is 11.1 Å². The fraction of sp³-hybridized carbons (Fsp3) is 0.480. The number of allylic oxidation sites excluding steroid dienone is 3. The summed E-state index contributed by atoms with van der Waals surface area (Å²) in [7, 11) is -4.09. The van der Waals surface area contributed by atoms with Gasteiger partial charge in [0.25, 0.3) is 5.56 Å². The summed E-state index contributed by atoms with van der Waals surface area (Å²) in [5.74, 6) is 0.143. The average molecular weight is 921 g/mol. The van der Waals surface area contributed by atoms with Gasteiger partial charge in [0.05, 0.1) is 17.3 Å². The second-order valence-corrected chi connectivity index (χ2v) is 22.1. The highest BCUT2D eigenvalue weighted by Crippen LogP contribution is 2.44. The monoisotopic (exact) mass is 920 g/mol. The summed E-state index contributed by atoms with van der Waals surface area (Å²) in [6.45, 7) is 16.1. The highest BCUT2D eigenvalue weighted by atomic mass is 32.2. The van der Waals surface area contributed by atoms with Crippen LogP contribution in [0.5, 0.6) is 0 Å². The summed E-state index contributed by atoms with van der Waals surface area (Å²) in [5.41, 5.74) is 8.28. The number of carbonyl (C=O) groups excluding carboxylic acids is 1. The quantitative estimate of drug-likeness (QED) is 0.142. The van der Waals surface area contributed by atoms with Crippen LogP contribution in [0, 0.1) is 5.82 Å². The Morgan fingerprint density at radius 2 is 1.71 bits per heavy atom. The molecular formula is C50H61FN8O6S. The summed E-state index contributed by atoms with van der Waals surface area (Å²) in [6, 6.07) is 14.1. The molecule has 14 nitrogen and oxygen atoms in total. The van der Waals surface area contributed by atoms with E-state index in [9.17, 15) is 22.4 Å². The van der Waals surface area contributed by atoms with Crippen LogP contribution in [0.1, 0.15) is 91.8 Å². The number of hydrogen-bond acceptors (Lipinski definition) is 11. The van der Waals surface area contributed by atoms with Crippen molar-refractivity contribution in [3.05, 3.63) is 112 Å². The smallest absolute Gasteiger partial charge is 0.410 e. The van der Waals surface area contributed by atoms with Crippen LogP contribution >= 0.6 is 0 Å². The minimum absolute atomic E-state index is 0.00259. The second-order valence-electron chi connectivity index (χ2n) is 19.8. The number of nitrogens with one attached hydrogen (secondary N) is 1. The van der Waals surface area contributed by atoms with Gasteiger partial charge in [-0.05, 0) is 122 Å². The molecule has 0 bridgehead atoms. The first kappa shape index (κ1) is 45.7. The first-order chi connectivity index (χ1) is 31.3. The summed E-state index contributed by atoms with van der Waals surface area (Å²) >= 11 is 0. The normalized spacial score (nSPS) is 23.3. The SMILES string of the molecule is CC1=CC=CCC1(C)S(=O)(=O)n1ccc2c(-c3ccc4nc(N5CCC(N6C[C@@H](C)N(C(=O)OC(C)(C)C)C[C@@H]6C)CC5)nc(C(CN)(OC5CC5)c5ccc(F)cc5)c4c3)c[nH]c(=O)c21. The maximum Gasteiger partial charge on any atom is 0.410 e. The molecule has 1 amide bonds. The molecule has 5 heterocycles. The number of fused-ring (bicyclic) bond motifs is 2. The van der Waals surface area contributed by atoms with Gasteiger partial charge < -0.3 is 30.0 Å². The van der Waals surface area contributed by atoms with Gasteiger partial charge in [-0.3, -0.25) is 9.69 Å². The number of rotatable bonds is 10. The van der Waals surface area contributed by atoms with Crippen LogP contribution in [0.25, 0.3) is 32.9 Å². The summed E-state index contributed by atoms with van der Waals surface area (Å²) in [5, 5.41) is 1.12. The maximum absolute atomic E-state index is 14.6. The Hall–Kier alpha value is -5.42. The molecular weight excluding hydrogens is 860 g/mol. The van der Waals surface area contributed by atoms with E-state index < -0.39 is 31.5 Å². The van der Waals surface area contributed by atoms with E-state index >= 15 is 0 Å². The zero-order valence-electron chi connectivity index (χ0n) is 38.9. The van der Waals surface area contributed by atoms with Crippen molar-refractivity contribution < 1.29 is 27.1 Å². The summed E-state index contributed by atoms with van der Waals surface area (Å²) in [4.78, 5) is 46.7. The molecule has 9 rings (SSSR count). The molecule has 4 aliphatic rings. The maximum atomic E-state index is 14.6. The minimum Gasteiger partial charge on any atom is -0.444 e. The van der Waals surface area contributed by atoms with Gasteiger partial charge in [-0.2, -0.15) is 0 Å². The van der Waals surface area contributed by atoms with E-state index in [2.05, 4.69) is 28.6 Å². The molecule has 16 heteroatoms. The van der Waals surface area contributed by atoms with Crippen molar-refractivity contribution in [2.45, 2.75) is 121 Å². The van der Waals surface area contributed by atoms with Crippen molar-refractivity contribution >= 4 is 43.9 Å². The molecule has 0 spiro atoms. The van der Waals surface area contributed by atoms with E-state index in [4.69, 9.17) is 25.2 Å². The van der Waals surface area contributed by atoms with Crippen LogP contribution < -0.4 is 16.2 Å². The van der Waals surface area contributed by atoms with Crippen LogP contribution in [-0.4, -0.2) is 111 Å². The molecule has 5 aromatic rings. The first-order valence-corrected chi connectivity index (χ1v) is 24.6. The molecule has 3 aromatic heterocycles. The van der Waals surface area contributed by atoms with Crippen molar-refractivity contribution in [1.29, 1.82) is 0 Å². The zero-order valence-corrected chi connectivity index (χ0v) is 39.7. The van der Waals surface area contributed by atoms with Gasteiger partial charge in [-0.15, -0.1) is 0 Å². The molecule has 0 radical (unpaired) electrons. The molecule has 3 N–H and O–H groups in total. The van der Waals surface area contributed by atoms with E-state index in [1.54, 1.807) is 44.3 Å². The number of H-pyrrole nitrogens is 1. The number of piperidine rings is 1. The van der Waals surface area contributed by atoms with E-state index in [0.717, 1.165) is 36.2 Å². The van der Waals surface area contributed by atoms with Crippen molar-refractivity contribution in [3.63, 3.8) is 0 Å². The third-order valence-electron chi connectivity index (χ3n) is 14.1. The number of ether oxygens (including phenoxy) is 2. The highest BCUT2D eigenvalue weighted by molar-refractivity contribution is 7.91.